The Kier molecular flexibility index (Phi) is 6.17. The summed E-state index contributed by atoms with van der Waals surface area (Å²) in [6.07, 6.45) is 0.774. The van der Waals surface area contributed by atoms with E-state index in [9.17, 15) is 4.79 Å². The van der Waals surface area contributed by atoms with Crippen molar-refractivity contribution < 1.29 is 9.53 Å². The zero-order chi connectivity index (χ0) is 20.3. The zero-order valence-electron chi connectivity index (χ0n) is 17.5. The minimum atomic E-state index is 0.0423. The van der Waals surface area contributed by atoms with Gasteiger partial charge in [0.25, 0.3) is 0 Å². The van der Waals surface area contributed by atoms with Crippen molar-refractivity contribution in [2.24, 2.45) is 5.92 Å². The molecule has 0 bridgehead atoms. The van der Waals surface area contributed by atoms with E-state index in [-0.39, 0.29) is 11.8 Å². The van der Waals surface area contributed by atoms with Gasteiger partial charge in [-0.25, -0.2) is 9.97 Å². The fourth-order valence-electron chi connectivity index (χ4n) is 3.64. The van der Waals surface area contributed by atoms with Gasteiger partial charge in [-0.3, -0.25) is 4.79 Å². The lowest BCUT2D eigenvalue weighted by atomic mass is 10.0. The number of aromatic nitrogens is 2. The number of benzene rings is 1. The Hall–Kier alpha value is -2.63. The van der Waals surface area contributed by atoms with E-state index in [0.717, 1.165) is 61.2 Å². The summed E-state index contributed by atoms with van der Waals surface area (Å²) in [7, 11) is 1.68. The standard InChI is InChI=1S/C22H30N4O2/c1-15(2)22(27)26-12-10-25(11-13-26)21-20(16(3)23-17(4)24-21)14-18-6-8-19(28-5)9-7-18/h6-9,15H,10-14H2,1-5H3. The van der Waals surface area contributed by atoms with E-state index in [2.05, 4.69) is 28.9 Å². The van der Waals surface area contributed by atoms with Crippen LogP contribution in [0, 0.1) is 19.8 Å². The molecule has 0 N–H and O–H groups in total. The minimum Gasteiger partial charge on any atom is -0.497 e. The van der Waals surface area contributed by atoms with E-state index in [4.69, 9.17) is 9.72 Å². The lowest BCUT2D eigenvalue weighted by molar-refractivity contribution is -0.134. The molecule has 1 aromatic heterocycles. The number of carbonyl (C=O) groups is 1. The molecule has 28 heavy (non-hydrogen) atoms. The molecule has 1 aromatic carbocycles. The van der Waals surface area contributed by atoms with E-state index >= 15 is 0 Å². The van der Waals surface area contributed by atoms with Gasteiger partial charge in [0.15, 0.2) is 0 Å². The number of methoxy groups -OCH3 is 1. The first kappa shape index (κ1) is 20.1. The first-order chi connectivity index (χ1) is 13.4. The lowest BCUT2D eigenvalue weighted by Crippen LogP contribution is -2.50. The molecule has 6 nitrogen and oxygen atoms in total. The Bertz CT molecular complexity index is 825. The fraction of sp³-hybridized carbons (Fsp3) is 0.500. The average molecular weight is 383 g/mol. The van der Waals surface area contributed by atoms with Crippen LogP contribution in [0.25, 0.3) is 0 Å². The molecular weight excluding hydrogens is 352 g/mol. The molecule has 2 aromatic rings. The van der Waals surface area contributed by atoms with Crippen LogP contribution in [0.1, 0.15) is 36.5 Å². The minimum absolute atomic E-state index is 0.0423. The molecule has 3 rings (SSSR count). The second kappa shape index (κ2) is 8.59. The summed E-state index contributed by atoms with van der Waals surface area (Å²) < 4.78 is 5.26. The van der Waals surface area contributed by atoms with Crippen molar-refractivity contribution in [3.8, 4) is 5.75 Å². The van der Waals surface area contributed by atoms with Gasteiger partial charge in [-0.05, 0) is 31.5 Å². The van der Waals surface area contributed by atoms with E-state index in [1.54, 1.807) is 7.11 Å². The highest BCUT2D eigenvalue weighted by atomic mass is 16.5. The van der Waals surface area contributed by atoms with Crippen LogP contribution < -0.4 is 9.64 Å². The molecule has 1 fully saturated rings. The molecule has 0 aliphatic carbocycles. The van der Waals surface area contributed by atoms with Crippen LogP contribution in [0.3, 0.4) is 0 Å². The predicted molar refractivity (Wildman–Crippen MR) is 111 cm³/mol. The molecule has 0 atom stereocenters. The van der Waals surface area contributed by atoms with Crippen molar-refractivity contribution in [2.45, 2.75) is 34.1 Å². The van der Waals surface area contributed by atoms with Crippen LogP contribution in [0.4, 0.5) is 5.82 Å². The van der Waals surface area contributed by atoms with Crippen LogP contribution >= 0.6 is 0 Å². The normalized spacial score (nSPS) is 14.5. The van der Waals surface area contributed by atoms with E-state index in [1.807, 2.05) is 37.8 Å². The maximum atomic E-state index is 12.3. The molecule has 1 aliphatic rings. The second-order valence-electron chi connectivity index (χ2n) is 7.65. The van der Waals surface area contributed by atoms with E-state index < -0.39 is 0 Å². The summed E-state index contributed by atoms with van der Waals surface area (Å²) >= 11 is 0. The summed E-state index contributed by atoms with van der Waals surface area (Å²) in [6.45, 7) is 11.0. The summed E-state index contributed by atoms with van der Waals surface area (Å²) in [4.78, 5) is 25.9. The molecule has 0 saturated carbocycles. The monoisotopic (exact) mass is 382 g/mol. The van der Waals surface area contributed by atoms with Crippen molar-refractivity contribution in [2.75, 3.05) is 38.2 Å². The second-order valence-corrected chi connectivity index (χ2v) is 7.65. The van der Waals surface area contributed by atoms with Gasteiger partial charge in [0.2, 0.25) is 5.91 Å². The average Bonchev–Trinajstić information content (AvgIpc) is 2.69. The predicted octanol–water partition coefficient (Wildman–Crippen LogP) is 3.00. The van der Waals surface area contributed by atoms with E-state index in [0.29, 0.717) is 0 Å². The molecule has 2 heterocycles. The van der Waals surface area contributed by atoms with Gasteiger partial charge in [-0.15, -0.1) is 0 Å². The topological polar surface area (TPSA) is 58.6 Å². The number of nitrogens with zero attached hydrogens (tertiary/aromatic N) is 4. The van der Waals surface area contributed by atoms with Crippen molar-refractivity contribution in [3.05, 3.63) is 46.9 Å². The van der Waals surface area contributed by atoms with Crippen LogP contribution in [0.5, 0.6) is 5.75 Å². The quantitative estimate of drug-likeness (QED) is 0.796. The Morgan fingerprint density at radius 1 is 1.07 bits per heavy atom. The van der Waals surface area contributed by atoms with Gasteiger partial charge in [-0.2, -0.15) is 0 Å². The van der Waals surface area contributed by atoms with E-state index in [1.165, 1.54) is 5.56 Å². The van der Waals surface area contributed by atoms with Gasteiger partial charge in [0.05, 0.1) is 7.11 Å². The van der Waals surface area contributed by atoms with Gasteiger partial charge < -0.3 is 14.5 Å². The molecule has 1 saturated heterocycles. The number of ether oxygens (including phenoxy) is 1. The SMILES string of the molecule is COc1ccc(Cc2c(C)nc(C)nc2N2CCN(C(=O)C(C)C)CC2)cc1. The third-order valence-electron chi connectivity index (χ3n) is 5.23. The summed E-state index contributed by atoms with van der Waals surface area (Å²) in [5, 5.41) is 0. The highest BCUT2D eigenvalue weighted by Gasteiger charge is 2.25. The number of rotatable bonds is 5. The zero-order valence-corrected chi connectivity index (χ0v) is 17.5. The summed E-state index contributed by atoms with van der Waals surface area (Å²) in [5.74, 6) is 2.91. The van der Waals surface area contributed by atoms with Crippen molar-refractivity contribution in [1.82, 2.24) is 14.9 Å². The summed E-state index contributed by atoms with van der Waals surface area (Å²) in [6, 6.07) is 8.13. The number of piperazine rings is 1. The largest absolute Gasteiger partial charge is 0.497 e. The van der Waals surface area contributed by atoms with Crippen LogP contribution in [0.2, 0.25) is 0 Å². The Morgan fingerprint density at radius 3 is 2.29 bits per heavy atom. The third-order valence-corrected chi connectivity index (χ3v) is 5.23. The molecule has 1 aliphatic heterocycles. The maximum Gasteiger partial charge on any atom is 0.225 e. The molecule has 0 unspecified atom stereocenters. The van der Waals surface area contributed by atoms with Crippen LogP contribution in [-0.2, 0) is 11.2 Å². The van der Waals surface area contributed by atoms with Gasteiger partial charge in [0.1, 0.15) is 17.4 Å². The van der Waals surface area contributed by atoms with Crippen LogP contribution in [0.15, 0.2) is 24.3 Å². The highest BCUT2D eigenvalue weighted by Crippen LogP contribution is 2.26. The molecular formula is C22H30N4O2. The van der Waals surface area contributed by atoms with Crippen molar-refractivity contribution in [1.29, 1.82) is 0 Å². The van der Waals surface area contributed by atoms with Gasteiger partial charge in [-0.1, -0.05) is 26.0 Å². The number of hydrogen-bond acceptors (Lipinski definition) is 5. The molecule has 0 radical (unpaired) electrons. The number of carbonyl (C=O) groups excluding carboxylic acids is 1. The van der Waals surface area contributed by atoms with Crippen molar-refractivity contribution >= 4 is 11.7 Å². The third kappa shape index (κ3) is 4.43. The van der Waals surface area contributed by atoms with Gasteiger partial charge in [0, 0.05) is 49.8 Å². The first-order valence-electron chi connectivity index (χ1n) is 9.89. The first-order valence-corrected chi connectivity index (χ1v) is 9.89. The smallest absolute Gasteiger partial charge is 0.225 e. The molecule has 0 spiro atoms. The Balaban J connectivity index is 1.82. The molecule has 6 heteroatoms. The number of amides is 1. The molecule has 150 valence electrons. The van der Waals surface area contributed by atoms with Crippen LogP contribution in [-0.4, -0.2) is 54.1 Å². The fourth-order valence-corrected chi connectivity index (χ4v) is 3.64. The number of hydrogen-bond donors (Lipinski definition) is 0. The Labute approximate surface area is 167 Å². The van der Waals surface area contributed by atoms with Crippen molar-refractivity contribution in [3.63, 3.8) is 0 Å². The molecule has 1 amide bonds. The number of aryl methyl sites for hydroxylation is 2. The van der Waals surface area contributed by atoms with Gasteiger partial charge >= 0.3 is 0 Å². The Morgan fingerprint density at radius 2 is 1.71 bits per heavy atom. The highest BCUT2D eigenvalue weighted by molar-refractivity contribution is 5.78. The maximum absolute atomic E-state index is 12.3. The number of anilines is 1. The summed E-state index contributed by atoms with van der Waals surface area (Å²) in [5.41, 5.74) is 3.37. The lowest BCUT2D eigenvalue weighted by Gasteiger charge is -2.37.